The van der Waals surface area contributed by atoms with E-state index in [2.05, 4.69) is 4.76 Å². The first-order chi connectivity index (χ1) is 24.8. The number of hydrogen-bond acceptors (Lipinski definition) is 10. The van der Waals surface area contributed by atoms with Crippen LogP contribution in [0, 0.1) is 11.8 Å². The van der Waals surface area contributed by atoms with Crippen LogP contribution in [0.15, 0.2) is 95.8 Å². The molecule has 0 fully saturated rings. The van der Waals surface area contributed by atoms with Gasteiger partial charge in [-0.15, -0.1) is 4.76 Å². The van der Waals surface area contributed by atoms with Gasteiger partial charge in [0.1, 0.15) is 6.04 Å². The lowest BCUT2D eigenvalue weighted by atomic mass is 10.1. The van der Waals surface area contributed by atoms with Gasteiger partial charge in [0.05, 0.1) is 13.2 Å². The summed E-state index contributed by atoms with van der Waals surface area (Å²) < 4.78 is 51.3. The van der Waals surface area contributed by atoms with Gasteiger partial charge in [-0.05, 0) is 16.7 Å². The van der Waals surface area contributed by atoms with E-state index in [1.54, 1.807) is 58.0 Å². The monoisotopic (exact) mass is 741 g/mol. The topological polar surface area (TPSA) is 186 Å². The second-order valence-corrected chi connectivity index (χ2v) is 14.0. The number of carboxylic acid groups (broad SMARTS) is 1. The summed E-state index contributed by atoms with van der Waals surface area (Å²) in [6.45, 7) is 6.45. The number of carbonyl (C=O) groups excluding carboxylic acids is 2. The van der Waals surface area contributed by atoms with Gasteiger partial charge in [-0.2, -0.15) is 0 Å². The van der Waals surface area contributed by atoms with Crippen molar-refractivity contribution in [3.8, 4) is 0 Å². The third kappa shape index (κ3) is 14.4. The lowest BCUT2D eigenvalue weighted by molar-refractivity contribution is -0.141. The fourth-order valence-electron chi connectivity index (χ4n) is 4.53. The van der Waals surface area contributed by atoms with Crippen LogP contribution in [0.25, 0.3) is 0 Å². The summed E-state index contributed by atoms with van der Waals surface area (Å²) in [6, 6.07) is 26.3. The fourth-order valence-corrected chi connectivity index (χ4v) is 6.16. The van der Waals surface area contributed by atoms with Crippen LogP contribution in [0.4, 0.5) is 9.59 Å². The number of nitrogens with zero attached hydrogens (tertiary/aromatic N) is 2. The summed E-state index contributed by atoms with van der Waals surface area (Å²) in [6.07, 6.45) is -4.47. The zero-order chi connectivity index (χ0) is 38.1. The molecule has 3 aromatic carbocycles. The molecule has 0 spiro atoms. The maximum Gasteiger partial charge on any atom is 0.510 e. The number of rotatable bonds is 19. The number of benzene rings is 3. The number of guanidine groups is 1. The molecule has 282 valence electrons. The number of carbonyl (C=O) groups is 3. The van der Waals surface area contributed by atoms with E-state index in [1.807, 2.05) is 60.7 Å². The van der Waals surface area contributed by atoms with Gasteiger partial charge in [0, 0.05) is 38.1 Å². The Morgan fingerprint density at radius 1 is 0.712 bits per heavy atom. The molecule has 3 atom stereocenters. The summed E-state index contributed by atoms with van der Waals surface area (Å²) in [4.78, 5) is 38.8. The summed E-state index contributed by atoms with van der Waals surface area (Å²) >= 11 is 0. The molecule has 0 aliphatic rings. The van der Waals surface area contributed by atoms with Gasteiger partial charge in [-0.25, -0.2) is 28.0 Å². The first-order valence-corrected chi connectivity index (χ1v) is 18.3. The quantitative estimate of drug-likeness (QED) is 0.0429. The second kappa shape index (κ2) is 20.8. The Morgan fingerprint density at radius 3 is 1.46 bits per heavy atom. The molecule has 0 radical (unpaired) electrons. The van der Waals surface area contributed by atoms with Crippen LogP contribution in [0.5, 0.6) is 0 Å². The second-order valence-electron chi connectivity index (χ2n) is 12.4. The lowest BCUT2D eigenvalue weighted by Gasteiger charge is -2.30. The number of hydrogen-bond donors (Lipinski definition) is 2. The SMILES string of the molecule is CC(C)C(OC(=O)OCCc1ccccc1)OP(=O)(N=C(N)N(C)C(Cc1ccccc1)C(=O)O)OC(OC(=O)OCCc1ccccc1)C(C)C. The van der Waals surface area contributed by atoms with E-state index >= 15 is 0 Å². The molecule has 0 saturated carbocycles. The van der Waals surface area contributed by atoms with Gasteiger partial charge in [0.25, 0.3) is 0 Å². The molecule has 3 rings (SSSR count). The number of ether oxygens (including phenoxy) is 4. The van der Waals surface area contributed by atoms with E-state index < -0.39 is 62.4 Å². The van der Waals surface area contributed by atoms with Gasteiger partial charge in [0.15, 0.2) is 0 Å². The predicted molar refractivity (Wildman–Crippen MR) is 193 cm³/mol. The Kier molecular flexibility index (Phi) is 16.6. The maximum atomic E-state index is 14.5. The molecule has 0 aromatic heterocycles. The average Bonchev–Trinajstić information content (AvgIpc) is 3.11. The summed E-state index contributed by atoms with van der Waals surface area (Å²) in [5.41, 5.74) is 8.83. The highest BCUT2D eigenvalue weighted by Gasteiger charge is 2.40. The van der Waals surface area contributed by atoms with Crippen molar-refractivity contribution < 1.29 is 52.1 Å². The fraction of sp³-hybridized carbons (Fsp3) is 0.405. The van der Waals surface area contributed by atoms with Gasteiger partial charge in [-0.1, -0.05) is 119 Å². The van der Waals surface area contributed by atoms with Crippen molar-refractivity contribution >= 4 is 32.0 Å². The molecule has 3 aromatic rings. The standard InChI is InChI=1S/C37H48N3O11P/c1-26(2)33(48-36(43)46-23-21-28-15-9-6-10-16-28)50-52(45,39-35(38)40(5)31(32(41)42)25-30-19-13-8-14-20-30)51-34(27(3)4)49-37(44)47-24-22-29-17-11-7-12-18-29/h6-20,26-27,31,33-34H,21-25H2,1-5H3,(H,41,42)(H2,38,39,45). The minimum absolute atomic E-state index is 0.00857. The van der Waals surface area contributed by atoms with E-state index in [0.717, 1.165) is 16.0 Å². The van der Waals surface area contributed by atoms with E-state index in [9.17, 15) is 24.1 Å². The molecular weight excluding hydrogens is 693 g/mol. The maximum absolute atomic E-state index is 14.5. The average molecular weight is 742 g/mol. The van der Waals surface area contributed by atoms with Crippen molar-refractivity contribution in [2.24, 2.45) is 22.3 Å². The predicted octanol–water partition coefficient (Wildman–Crippen LogP) is 6.83. The summed E-state index contributed by atoms with van der Waals surface area (Å²) in [5.74, 6) is -3.02. The van der Waals surface area contributed by atoms with E-state index in [-0.39, 0.29) is 19.6 Å². The highest BCUT2D eigenvalue weighted by molar-refractivity contribution is 7.52. The van der Waals surface area contributed by atoms with E-state index in [1.165, 1.54) is 7.05 Å². The van der Waals surface area contributed by atoms with Gasteiger partial charge in [0.2, 0.25) is 18.5 Å². The highest BCUT2D eigenvalue weighted by atomic mass is 31.2. The molecule has 14 nitrogen and oxygen atoms in total. The molecule has 52 heavy (non-hydrogen) atoms. The molecule has 15 heteroatoms. The molecule has 0 amide bonds. The van der Waals surface area contributed by atoms with Crippen LogP contribution >= 0.6 is 7.75 Å². The molecule has 0 saturated heterocycles. The van der Waals surface area contributed by atoms with Crippen LogP contribution in [0.2, 0.25) is 0 Å². The zero-order valence-electron chi connectivity index (χ0n) is 30.0. The Labute approximate surface area is 304 Å². The van der Waals surface area contributed by atoms with Gasteiger partial charge in [-0.3, -0.25) is 0 Å². The normalized spacial score (nSPS) is 14.5. The minimum atomic E-state index is -4.90. The summed E-state index contributed by atoms with van der Waals surface area (Å²) in [7, 11) is -3.55. The third-order valence-corrected chi connectivity index (χ3v) is 8.90. The number of aliphatic carboxylic acids is 1. The highest BCUT2D eigenvalue weighted by Crippen LogP contribution is 2.54. The zero-order valence-corrected chi connectivity index (χ0v) is 30.9. The number of nitrogens with two attached hydrogens (primary N) is 1. The molecule has 0 heterocycles. The third-order valence-electron chi connectivity index (χ3n) is 7.51. The van der Waals surface area contributed by atoms with Crippen molar-refractivity contribution in [1.82, 2.24) is 4.90 Å². The van der Waals surface area contributed by atoms with Gasteiger partial charge < -0.3 is 34.7 Å². The Hall–Kier alpha value is -4.91. The first-order valence-electron chi connectivity index (χ1n) is 16.8. The lowest BCUT2D eigenvalue weighted by Crippen LogP contribution is -2.47. The molecule has 0 bridgehead atoms. The van der Waals surface area contributed by atoms with Crippen LogP contribution in [-0.4, -0.2) is 73.1 Å². The smallest absolute Gasteiger partial charge is 0.480 e. The van der Waals surface area contributed by atoms with Crippen molar-refractivity contribution in [2.45, 2.75) is 65.6 Å². The van der Waals surface area contributed by atoms with Crippen LogP contribution in [0.1, 0.15) is 44.4 Å². The van der Waals surface area contributed by atoms with Crippen LogP contribution < -0.4 is 5.73 Å². The molecule has 3 unspecified atom stereocenters. The van der Waals surface area contributed by atoms with Crippen molar-refractivity contribution in [3.63, 3.8) is 0 Å². The number of likely N-dealkylation sites (N-methyl/N-ethyl adjacent to an activating group) is 1. The van der Waals surface area contributed by atoms with E-state index in [0.29, 0.717) is 18.4 Å². The van der Waals surface area contributed by atoms with E-state index in [4.69, 9.17) is 33.7 Å². The first kappa shape index (κ1) is 41.5. The minimum Gasteiger partial charge on any atom is -0.480 e. The molecule has 0 aliphatic carbocycles. The molecular formula is C37H48N3O11P. The Bertz CT molecular complexity index is 1550. The largest absolute Gasteiger partial charge is 0.510 e. The van der Waals surface area contributed by atoms with Crippen LogP contribution in [0.3, 0.4) is 0 Å². The Morgan fingerprint density at radius 2 is 1.10 bits per heavy atom. The Balaban J connectivity index is 1.83. The molecule has 0 aliphatic heterocycles. The summed E-state index contributed by atoms with van der Waals surface area (Å²) in [5, 5.41) is 10.0. The molecule has 3 N–H and O–H groups in total. The van der Waals surface area contributed by atoms with Crippen molar-refractivity contribution in [3.05, 3.63) is 108 Å². The van der Waals surface area contributed by atoms with Crippen molar-refractivity contribution in [1.29, 1.82) is 0 Å². The van der Waals surface area contributed by atoms with Crippen molar-refractivity contribution in [2.75, 3.05) is 20.3 Å². The van der Waals surface area contributed by atoms with Gasteiger partial charge >= 0.3 is 26.0 Å². The van der Waals surface area contributed by atoms with Crippen LogP contribution in [-0.2, 0) is 56.6 Å². The number of carboxylic acids is 1.